The standard InChI is InChI=1S/C17H25NO4/c1-5-13-6-8-14(9-7-13)12(2)10-15(19)18-17(3,11-22-4)16(20)21/h6-9,12H,5,10-11H2,1-4H3,(H,18,19)(H,20,21). The van der Waals surface area contributed by atoms with E-state index < -0.39 is 11.5 Å². The van der Waals surface area contributed by atoms with Gasteiger partial charge in [0.1, 0.15) is 0 Å². The first-order valence-electron chi connectivity index (χ1n) is 7.44. The highest BCUT2D eigenvalue weighted by molar-refractivity contribution is 5.87. The van der Waals surface area contributed by atoms with Gasteiger partial charge in [0.05, 0.1) is 6.61 Å². The maximum atomic E-state index is 12.1. The zero-order valence-corrected chi connectivity index (χ0v) is 13.7. The third kappa shape index (κ3) is 4.84. The molecule has 5 nitrogen and oxygen atoms in total. The van der Waals surface area contributed by atoms with E-state index in [1.807, 2.05) is 19.1 Å². The lowest BCUT2D eigenvalue weighted by atomic mass is 9.95. The minimum atomic E-state index is -1.41. The maximum absolute atomic E-state index is 12.1. The molecule has 0 radical (unpaired) electrons. The van der Waals surface area contributed by atoms with Gasteiger partial charge in [-0.2, -0.15) is 0 Å². The summed E-state index contributed by atoms with van der Waals surface area (Å²) in [5, 5.41) is 11.8. The van der Waals surface area contributed by atoms with Crippen LogP contribution < -0.4 is 5.32 Å². The number of amides is 1. The summed E-state index contributed by atoms with van der Waals surface area (Å²) in [6.45, 7) is 5.41. The summed E-state index contributed by atoms with van der Waals surface area (Å²) in [4.78, 5) is 23.4. The van der Waals surface area contributed by atoms with E-state index in [4.69, 9.17) is 4.74 Å². The molecular weight excluding hydrogens is 282 g/mol. The van der Waals surface area contributed by atoms with Gasteiger partial charge in [-0.15, -0.1) is 0 Å². The Bertz CT molecular complexity index is 512. The van der Waals surface area contributed by atoms with E-state index in [1.165, 1.54) is 19.6 Å². The van der Waals surface area contributed by atoms with E-state index in [0.29, 0.717) is 0 Å². The molecule has 0 bridgehead atoms. The molecule has 122 valence electrons. The summed E-state index contributed by atoms with van der Waals surface area (Å²) in [5.74, 6) is -1.39. The molecule has 0 aromatic heterocycles. The molecule has 1 aromatic rings. The van der Waals surface area contributed by atoms with E-state index in [-0.39, 0.29) is 24.9 Å². The molecule has 0 saturated heterocycles. The third-order valence-electron chi connectivity index (χ3n) is 3.77. The van der Waals surface area contributed by atoms with Gasteiger partial charge in [-0.05, 0) is 30.4 Å². The lowest BCUT2D eigenvalue weighted by Crippen LogP contribution is -2.55. The minimum absolute atomic E-state index is 0.0199. The van der Waals surface area contributed by atoms with Crippen LogP contribution in [0.5, 0.6) is 0 Å². The van der Waals surface area contributed by atoms with Crippen molar-refractivity contribution in [2.75, 3.05) is 13.7 Å². The Morgan fingerprint density at radius 2 is 1.91 bits per heavy atom. The van der Waals surface area contributed by atoms with Crippen molar-refractivity contribution in [3.63, 3.8) is 0 Å². The summed E-state index contributed by atoms with van der Waals surface area (Å²) < 4.78 is 4.89. The zero-order valence-electron chi connectivity index (χ0n) is 13.7. The molecule has 22 heavy (non-hydrogen) atoms. The smallest absolute Gasteiger partial charge is 0.331 e. The van der Waals surface area contributed by atoms with Crippen molar-refractivity contribution in [3.05, 3.63) is 35.4 Å². The van der Waals surface area contributed by atoms with Gasteiger partial charge in [-0.25, -0.2) is 4.79 Å². The first-order chi connectivity index (χ1) is 10.3. The number of rotatable bonds is 8. The molecule has 5 heteroatoms. The van der Waals surface area contributed by atoms with E-state index in [1.54, 1.807) is 0 Å². The minimum Gasteiger partial charge on any atom is -0.479 e. The van der Waals surface area contributed by atoms with Crippen molar-refractivity contribution in [2.45, 2.75) is 45.1 Å². The predicted octanol–water partition coefficient (Wildman–Crippen LogP) is 2.35. The molecule has 0 aliphatic heterocycles. The first-order valence-corrected chi connectivity index (χ1v) is 7.44. The largest absolute Gasteiger partial charge is 0.479 e. The first kappa shape index (κ1) is 18.2. The zero-order chi connectivity index (χ0) is 16.8. The lowest BCUT2D eigenvalue weighted by Gasteiger charge is -2.26. The van der Waals surface area contributed by atoms with Crippen molar-refractivity contribution in [1.82, 2.24) is 5.32 Å². The van der Waals surface area contributed by atoms with Crippen LogP contribution in [-0.4, -0.2) is 36.2 Å². The third-order valence-corrected chi connectivity index (χ3v) is 3.77. The van der Waals surface area contributed by atoms with Gasteiger partial charge in [0.15, 0.2) is 5.54 Å². The average molecular weight is 307 g/mol. The number of hydrogen-bond acceptors (Lipinski definition) is 3. The molecule has 2 unspecified atom stereocenters. The van der Waals surface area contributed by atoms with Crippen LogP contribution in [0.3, 0.4) is 0 Å². The number of hydrogen-bond donors (Lipinski definition) is 2. The van der Waals surface area contributed by atoms with Crippen LogP contribution in [0.1, 0.15) is 44.2 Å². The predicted molar refractivity (Wildman–Crippen MR) is 84.9 cm³/mol. The Hall–Kier alpha value is -1.88. The molecule has 2 atom stereocenters. The van der Waals surface area contributed by atoms with Gasteiger partial charge in [0.2, 0.25) is 5.91 Å². The van der Waals surface area contributed by atoms with Gasteiger partial charge in [-0.1, -0.05) is 38.1 Å². The number of benzene rings is 1. The fraction of sp³-hybridized carbons (Fsp3) is 0.529. The summed E-state index contributed by atoms with van der Waals surface area (Å²) in [6, 6.07) is 8.14. The monoisotopic (exact) mass is 307 g/mol. The molecule has 1 amide bonds. The van der Waals surface area contributed by atoms with E-state index >= 15 is 0 Å². The Morgan fingerprint density at radius 3 is 2.36 bits per heavy atom. The van der Waals surface area contributed by atoms with Gasteiger partial charge < -0.3 is 15.2 Å². The number of aryl methyl sites for hydroxylation is 1. The average Bonchev–Trinajstić information content (AvgIpc) is 2.47. The van der Waals surface area contributed by atoms with E-state index in [2.05, 4.69) is 24.4 Å². The number of carboxylic acid groups (broad SMARTS) is 1. The van der Waals surface area contributed by atoms with Crippen molar-refractivity contribution in [1.29, 1.82) is 0 Å². The molecule has 1 aromatic carbocycles. The molecule has 0 aliphatic carbocycles. The fourth-order valence-corrected chi connectivity index (χ4v) is 2.28. The van der Waals surface area contributed by atoms with Gasteiger partial charge in [0, 0.05) is 13.5 Å². The van der Waals surface area contributed by atoms with Gasteiger partial charge in [0.25, 0.3) is 0 Å². The van der Waals surface area contributed by atoms with Gasteiger partial charge >= 0.3 is 5.97 Å². The normalized spacial score (nSPS) is 14.9. The molecular formula is C17H25NO4. The second kappa shape index (κ2) is 7.94. The Balaban J connectivity index is 2.68. The van der Waals surface area contributed by atoms with Crippen molar-refractivity contribution < 1.29 is 19.4 Å². The summed E-state index contributed by atoms with van der Waals surface area (Å²) in [5.41, 5.74) is 0.910. The molecule has 1 rings (SSSR count). The SMILES string of the molecule is CCc1ccc(C(C)CC(=O)NC(C)(COC)C(=O)O)cc1. The van der Waals surface area contributed by atoms with E-state index in [0.717, 1.165) is 12.0 Å². The molecule has 2 N–H and O–H groups in total. The number of aliphatic carboxylic acids is 1. The summed E-state index contributed by atoms with van der Waals surface area (Å²) in [7, 11) is 1.41. The van der Waals surface area contributed by atoms with Crippen LogP contribution in [0.2, 0.25) is 0 Å². The van der Waals surface area contributed by atoms with E-state index in [9.17, 15) is 14.7 Å². The number of carbonyl (C=O) groups is 2. The highest BCUT2D eigenvalue weighted by atomic mass is 16.5. The van der Waals surface area contributed by atoms with Crippen molar-refractivity contribution in [3.8, 4) is 0 Å². The highest BCUT2D eigenvalue weighted by Gasteiger charge is 2.35. The summed E-state index contributed by atoms with van der Waals surface area (Å²) in [6.07, 6.45) is 1.21. The molecule has 0 spiro atoms. The van der Waals surface area contributed by atoms with Crippen LogP contribution >= 0.6 is 0 Å². The van der Waals surface area contributed by atoms with Crippen molar-refractivity contribution >= 4 is 11.9 Å². The number of carboxylic acids is 1. The van der Waals surface area contributed by atoms with Gasteiger partial charge in [-0.3, -0.25) is 4.79 Å². The second-order valence-corrected chi connectivity index (χ2v) is 5.82. The van der Waals surface area contributed by atoms with Crippen LogP contribution in [0.4, 0.5) is 0 Å². The Kier molecular flexibility index (Phi) is 6.56. The Labute approximate surface area is 131 Å². The molecule has 0 saturated carbocycles. The maximum Gasteiger partial charge on any atom is 0.331 e. The highest BCUT2D eigenvalue weighted by Crippen LogP contribution is 2.20. The number of ether oxygens (including phenoxy) is 1. The molecule has 0 fully saturated rings. The Morgan fingerprint density at radius 1 is 1.32 bits per heavy atom. The van der Waals surface area contributed by atoms with Crippen LogP contribution in [0, 0.1) is 0 Å². The number of methoxy groups -OCH3 is 1. The molecule has 0 aliphatic rings. The van der Waals surface area contributed by atoms with Crippen LogP contribution in [-0.2, 0) is 20.7 Å². The van der Waals surface area contributed by atoms with Crippen LogP contribution in [0.15, 0.2) is 24.3 Å². The fourth-order valence-electron chi connectivity index (χ4n) is 2.28. The second-order valence-electron chi connectivity index (χ2n) is 5.82. The number of carbonyl (C=O) groups excluding carboxylic acids is 1. The topological polar surface area (TPSA) is 75.6 Å². The number of nitrogens with one attached hydrogen (secondary N) is 1. The molecule has 0 heterocycles. The summed E-state index contributed by atoms with van der Waals surface area (Å²) >= 11 is 0. The quantitative estimate of drug-likeness (QED) is 0.773. The lowest BCUT2D eigenvalue weighted by molar-refractivity contribution is -0.149. The van der Waals surface area contributed by atoms with Crippen LogP contribution in [0.25, 0.3) is 0 Å². The van der Waals surface area contributed by atoms with Crippen molar-refractivity contribution in [2.24, 2.45) is 0 Å².